The van der Waals surface area contributed by atoms with Crippen molar-refractivity contribution in [2.24, 2.45) is 0 Å². The van der Waals surface area contributed by atoms with E-state index in [1.54, 1.807) is 24.3 Å². The first-order chi connectivity index (χ1) is 13.0. The van der Waals surface area contributed by atoms with Crippen LogP contribution in [0.25, 0.3) is 5.57 Å². The molecule has 1 aliphatic rings. The number of nitrogens with one attached hydrogen (secondary N) is 2. The molecule has 1 aliphatic heterocycles. The smallest absolute Gasteiger partial charge is 0.269 e. The number of anilines is 2. The Hall–Kier alpha value is -3.55. The largest absolute Gasteiger partial charge is 0.493 e. The van der Waals surface area contributed by atoms with Crippen LogP contribution in [0.3, 0.4) is 0 Å². The van der Waals surface area contributed by atoms with Gasteiger partial charge in [0.2, 0.25) is 0 Å². The van der Waals surface area contributed by atoms with Crippen LogP contribution in [0.5, 0.6) is 11.5 Å². The number of nitro groups is 1. The van der Waals surface area contributed by atoms with E-state index < -0.39 is 4.92 Å². The first kappa shape index (κ1) is 18.2. The van der Waals surface area contributed by atoms with Gasteiger partial charge in [-0.3, -0.25) is 14.9 Å². The number of hydrogen-bond acceptors (Lipinski definition) is 6. The minimum Gasteiger partial charge on any atom is -0.493 e. The van der Waals surface area contributed by atoms with Crippen LogP contribution in [-0.2, 0) is 4.79 Å². The third kappa shape index (κ3) is 3.41. The Kier molecular flexibility index (Phi) is 4.98. The standard InChI is InChI=1S/C19H19N3O5/c1-4-14(20-11-5-7-12(8-6-11)22(24)25)18-13-9-16(26-2)17(27-3)10-15(13)21-19(18)23/h5-10,20H,4H2,1-3H3,(H,21,23)/b18-14-. The lowest BCUT2D eigenvalue weighted by atomic mass is 10.0. The third-order valence-corrected chi connectivity index (χ3v) is 4.30. The number of methoxy groups -OCH3 is 2. The molecular weight excluding hydrogens is 350 g/mol. The average Bonchev–Trinajstić information content (AvgIpc) is 2.99. The van der Waals surface area contributed by atoms with Crippen molar-refractivity contribution in [3.05, 3.63) is 57.8 Å². The predicted octanol–water partition coefficient (Wildman–Crippen LogP) is 3.80. The Morgan fingerprint density at radius 2 is 1.78 bits per heavy atom. The molecule has 1 amide bonds. The molecule has 0 fully saturated rings. The zero-order chi connectivity index (χ0) is 19.6. The molecule has 0 saturated carbocycles. The van der Waals surface area contributed by atoms with Gasteiger partial charge in [-0.15, -0.1) is 0 Å². The van der Waals surface area contributed by atoms with E-state index in [0.29, 0.717) is 46.1 Å². The van der Waals surface area contributed by atoms with Gasteiger partial charge in [0, 0.05) is 35.1 Å². The summed E-state index contributed by atoms with van der Waals surface area (Å²) in [6, 6.07) is 9.52. The van der Waals surface area contributed by atoms with E-state index in [1.165, 1.54) is 26.4 Å². The number of benzene rings is 2. The molecule has 0 aliphatic carbocycles. The minimum atomic E-state index is -0.455. The van der Waals surface area contributed by atoms with Crippen LogP contribution in [0.15, 0.2) is 42.1 Å². The lowest BCUT2D eigenvalue weighted by Gasteiger charge is -2.13. The van der Waals surface area contributed by atoms with Gasteiger partial charge < -0.3 is 20.1 Å². The molecule has 2 aromatic rings. The van der Waals surface area contributed by atoms with Crippen molar-refractivity contribution in [2.75, 3.05) is 24.9 Å². The summed E-state index contributed by atoms with van der Waals surface area (Å²) in [6.07, 6.45) is 0.563. The van der Waals surface area contributed by atoms with Gasteiger partial charge in [0.25, 0.3) is 11.6 Å². The van der Waals surface area contributed by atoms with Crippen LogP contribution in [0.2, 0.25) is 0 Å². The first-order valence-electron chi connectivity index (χ1n) is 8.30. The Bertz CT molecular complexity index is 935. The zero-order valence-electron chi connectivity index (χ0n) is 15.2. The summed E-state index contributed by atoms with van der Waals surface area (Å²) < 4.78 is 10.6. The van der Waals surface area contributed by atoms with Crippen molar-refractivity contribution in [1.29, 1.82) is 0 Å². The maximum Gasteiger partial charge on any atom is 0.269 e. The van der Waals surface area contributed by atoms with E-state index >= 15 is 0 Å². The fourth-order valence-corrected chi connectivity index (χ4v) is 2.96. The fraction of sp³-hybridized carbons (Fsp3) is 0.211. The SMILES string of the molecule is CC/C(Nc1ccc([N+](=O)[O-])cc1)=C1/C(=O)Nc2cc(OC)c(OC)cc21. The number of hydrogen-bond donors (Lipinski definition) is 2. The topological polar surface area (TPSA) is 103 Å². The minimum absolute atomic E-state index is 0.00652. The molecule has 0 aromatic heterocycles. The molecule has 0 radical (unpaired) electrons. The Morgan fingerprint density at radius 1 is 1.15 bits per heavy atom. The van der Waals surface area contributed by atoms with Crippen LogP contribution in [0.4, 0.5) is 17.1 Å². The number of rotatable bonds is 6. The van der Waals surface area contributed by atoms with Crippen molar-refractivity contribution < 1.29 is 19.2 Å². The van der Waals surface area contributed by atoms with Crippen molar-refractivity contribution >= 4 is 28.5 Å². The third-order valence-electron chi connectivity index (χ3n) is 4.30. The van der Waals surface area contributed by atoms with Gasteiger partial charge in [0.05, 0.1) is 30.4 Å². The molecule has 27 heavy (non-hydrogen) atoms. The molecule has 3 rings (SSSR count). The van der Waals surface area contributed by atoms with E-state index in [0.717, 1.165) is 0 Å². The highest BCUT2D eigenvalue weighted by Gasteiger charge is 2.29. The fourth-order valence-electron chi connectivity index (χ4n) is 2.96. The number of carbonyl (C=O) groups is 1. The average molecular weight is 369 g/mol. The van der Waals surface area contributed by atoms with Gasteiger partial charge in [-0.1, -0.05) is 6.92 Å². The van der Waals surface area contributed by atoms with Gasteiger partial charge in [0.1, 0.15) is 0 Å². The predicted molar refractivity (Wildman–Crippen MR) is 102 cm³/mol. The maximum atomic E-state index is 12.6. The van der Waals surface area contributed by atoms with E-state index in [9.17, 15) is 14.9 Å². The second-order valence-corrected chi connectivity index (χ2v) is 5.84. The Labute approximate surface area is 155 Å². The van der Waals surface area contributed by atoms with Gasteiger partial charge in [-0.05, 0) is 24.6 Å². The number of carbonyl (C=O) groups excluding carboxylic acids is 1. The van der Waals surface area contributed by atoms with E-state index in [1.807, 2.05) is 6.92 Å². The second kappa shape index (κ2) is 7.36. The van der Waals surface area contributed by atoms with Gasteiger partial charge >= 0.3 is 0 Å². The summed E-state index contributed by atoms with van der Waals surface area (Å²) in [5.41, 5.74) is 3.23. The number of nitro benzene ring substituents is 1. The number of allylic oxidation sites excluding steroid dienone is 1. The van der Waals surface area contributed by atoms with Crippen molar-refractivity contribution in [1.82, 2.24) is 0 Å². The highest BCUT2D eigenvalue weighted by molar-refractivity contribution is 6.32. The highest BCUT2D eigenvalue weighted by atomic mass is 16.6. The highest BCUT2D eigenvalue weighted by Crippen LogP contribution is 2.42. The van der Waals surface area contributed by atoms with Crippen molar-refractivity contribution in [3.8, 4) is 11.5 Å². The van der Waals surface area contributed by atoms with Crippen LogP contribution in [-0.4, -0.2) is 25.1 Å². The first-order valence-corrected chi connectivity index (χ1v) is 8.30. The van der Waals surface area contributed by atoms with Gasteiger partial charge in [-0.2, -0.15) is 0 Å². The summed E-state index contributed by atoms with van der Waals surface area (Å²) in [5.74, 6) is 0.821. The summed E-state index contributed by atoms with van der Waals surface area (Å²) in [5, 5.41) is 16.8. The Morgan fingerprint density at radius 3 is 2.33 bits per heavy atom. The van der Waals surface area contributed by atoms with Crippen LogP contribution >= 0.6 is 0 Å². The summed E-state index contributed by atoms with van der Waals surface area (Å²) in [6.45, 7) is 1.92. The molecule has 0 atom stereocenters. The molecule has 8 nitrogen and oxygen atoms in total. The van der Waals surface area contributed by atoms with Crippen molar-refractivity contribution in [3.63, 3.8) is 0 Å². The van der Waals surface area contributed by atoms with E-state index in [2.05, 4.69) is 10.6 Å². The number of ether oxygens (including phenoxy) is 2. The molecule has 1 heterocycles. The van der Waals surface area contributed by atoms with Crippen LogP contribution < -0.4 is 20.1 Å². The lowest BCUT2D eigenvalue weighted by Crippen LogP contribution is -2.10. The lowest BCUT2D eigenvalue weighted by molar-refractivity contribution is -0.384. The number of amides is 1. The van der Waals surface area contributed by atoms with Crippen LogP contribution in [0, 0.1) is 10.1 Å². The molecular formula is C19H19N3O5. The number of non-ortho nitro benzene ring substituents is 1. The molecule has 140 valence electrons. The molecule has 2 aromatic carbocycles. The number of fused-ring (bicyclic) bond motifs is 1. The molecule has 2 N–H and O–H groups in total. The van der Waals surface area contributed by atoms with Crippen molar-refractivity contribution in [2.45, 2.75) is 13.3 Å². The van der Waals surface area contributed by atoms with E-state index in [-0.39, 0.29) is 11.6 Å². The molecule has 0 spiro atoms. The van der Waals surface area contributed by atoms with Gasteiger partial charge in [0.15, 0.2) is 11.5 Å². The molecule has 0 bridgehead atoms. The normalized spacial score (nSPS) is 14.3. The summed E-state index contributed by atoms with van der Waals surface area (Å²) >= 11 is 0. The maximum absolute atomic E-state index is 12.6. The number of nitrogens with zero attached hydrogens (tertiary/aromatic N) is 1. The monoisotopic (exact) mass is 369 g/mol. The quantitative estimate of drug-likeness (QED) is 0.456. The zero-order valence-corrected chi connectivity index (χ0v) is 15.2. The molecule has 8 heteroatoms. The van der Waals surface area contributed by atoms with E-state index in [4.69, 9.17) is 9.47 Å². The van der Waals surface area contributed by atoms with Gasteiger partial charge in [-0.25, -0.2) is 0 Å². The molecule has 0 saturated heterocycles. The molecule has 0 unspecified atom stereocenters. The summed E-state index contributed by atoms with van der Waals surface area (Å²) in [7, 11) is 3.07. The second-order valence-electron chi connectivity index (χ2n) is 5.84. The summed E-state index contributed by atoms with van der Waals surface area (Å²) in [4.78, 5) is 22.9. The van der Waals surface area contributed by atoms with Crippen LogP contribution in [0.1, 0.15) is 18.9 Å². The Balaban J connectivity index is 2.02.